The van der Waals surface area contributed by atoms with Crippen LogP contribution in [0.2, 0.25) is 0 Å². The molecule has 0 aromatic carbocycles. The fourth-order valence-electron chi connectivity index (χ4n) is 3.48. The molecule has 1 unspecified atom stereocenters. The van der Waals surface area contributed by atoms with E-state index in [0.717, 1.165) is 45.1 Å². The Kier molecular flexibility index (Phi) is 5.23. The average molecular weight is 267 g/mol. The molecule has 1 aliphatic carbocycles. The van der Waals surface area contributed by atoms with Crippen LogP contribution in [-0.4, -0.2) is 34.5 Å². The molecule has 19 heavy (non-hydrogen) atoms. The molecular weight excluding hydrogens is 242 g/mol. The topological polar surface area (TPSA) is 57.6 Å². The van der Waals surface area contributed by atoms with E-state index >= 15 is 0 Å². The number of carboxylic acids is 1. The largest absolute Gasteiger partial charge is 0.481 e. The van der Waals surface area contributed by atoms with Crippen LogP contribution in [0.4, 0.5) is 0 Å². The van der Waals surface area contributed by atoms with Crippen molar-refractivity contribution in [2.75, 3.05) is 6.54 Å². The fraction of sp³-hybridized carbons (Fsp3) is 0.867. The van der Waals surface area contributed by atoms with Gasteiger partial charge in [0.1, 0.15) is 0 Å². The molecule has 108 valence electrons. The Hall–Kier alpha value is -1.06. The van der Waals surface area contributed by atoms with Crippen LogP contribution in [0.1, 0.15) is 64.2 Å². The van der Waals surface area contributed by atoms with Gasteiger partial charge in [0, 0.05) is 18.5 Å². The number of amides is 1. The molecule has 2 rings (SSSR count). The van der Waals surface area contributed by atoms with E-state index in [1.54, 1.807) is 0 Å². The third-order valence-corrected chi connectivity index (χ3v) is 4.52. The molecule has 1 heterocycles. The smallest absolute Gasteiger partial charge is 0.305 e. The van der Waals surface area contributed by atoms with Crippen LogP contribution in [0.3, 0.4) is 0 Å². The second-order valence-electron chi connectivity index (χ2n) is 5.97. The van der Waals surface area contributed by atoms with Crippen molar-refractivity contribution in [1.82, 2.24) is 4.90 Å². The van der Waals surface area contributed by atoms with E-state index in [1.807, 2.05) is 4.90 Å². The van der Waals surface area contributed by atoms with Crippen molar-refractivity contribution in [3.05, 3.63) is 0 Å². The van der Waals surface area contributed by atoms with Crippen LogP contribution in [0.5, 0.6) is 0 Å². The highest BCUT2D eigenvalue weighted by Crippen LogP contribution is 2.28. The Labute approximate surface area is 115 Å². The second-order valence-corrected chi connectivity index (χ2v) is 5.97. The molecule has 0 spiro atoms. The molecule has 4 nitrogen and oxygen atoms in total. The van der Waals surface area contributed by atoms with Crippen LogP contribution in [0.25, 0.3) is 0 Å². The molecule has 1 aliphatic heterocycles. The molecule has 2 fully saturated rings. The zero-order chi connectivity index (χ0) is 13.7. The number of aliphatic carboxylic acids is 1. The quantitative estimate of drug-likeness (QED) is 0.855. The normalized spacial score (nSPS) is 25.9. The molecule has 1 N–H and O–H groups in total. The summed E-state index contributed by atoms with van der Waals surface area (Å²) in [5.74, 6) is -0.414. The minimum Gasteiger partial charge on any atom is -0.481 e. The molecule has 0 radical (unpaired) electrons. The lowest BCUT2D eigenvalue weighted by Crippen LogP contribution is -2.40. The lowest BCUT2D eigenvalue weighted by molar-refractivity contribution is -0.141. The van der Waals surface area contributed by atoms with Gasteiger partial charge in [0.25, 0.3) is 0 Å². The Morgan fingerprint density at radius 2 is 1.58 bits per heavy atom. The van der Waals surface area contributed by atoms with Crippen molar-refractivity contribution in [2.24, 2.45) is 5.92 Å². The van der Waals surface area contributed by atoms with E-state index in [-0.39, 0.29) is 24.3 Å². The molecule has 0 bridgehead atoms. The van der Waals surface area contributed by atoms with Gasteiger partial charge in [-0.05, 0) is 25.7 Å². The summed E-state index contributed by atoms with van der Waals surface area (Å²) >= 11 is 0. The Morgan fingerprint density at radius 1 is 0.947 bits per heavy atom. The Morgan fingerprint density at radius 3 is 2.21 bits per heavy atom. The fourth-order valence-corrected chi connectivity index (χ4v) is 3.48. The van der Waals surface area contributed by atoms with Crippen molar-refractivity contribution < 1.29 is 14.7 Å². The van der Waals surface area contributed by atoms with Gasteiger partial charge in [0.2, 0.25) is 5.91 Å². The summed E-state index contributed by atoms with van der Waals surface area (Å²) in [6.45, 7) is 0.757. The Balaban J connectivity index is 1.94. The van der Waals surface area contributed by atoms with Crippen LogP contribution < -0.4 is 0 Å². The van der Waals surface area contributed by atoms with Crippen LogP contribution in [0.15, 0.2) is 0 Å². The molecule has 0 aromatic heterocycles. The third kappa shape index (κ3) is 3.95. The van der Waals surface area contributed by atoms with Gasteiger partial charge in [-0.15, -0.1) is 0 Å². The van der Waals surface area contributed by atoms with Crippen molar-refractivity contribution >= 4 is 11.9 Å². The number of likely N-dealkylation sites (tertiary alicyclic amines) is 1. The monoisotopic (exact) mass is 267 g/mol. The summed E-state index contributed by atoms with van der Waals surface area (Å²) in [6, 6.07) is -0.0598. The maximum atomic E-state index is 12.6. The Bertz CT molecular complexity index is 321. The van der Waals surface area contributed by atoms with Gasteiger partial charge in [-0.3, -0.25) is 9.59 Å². The molecular formula is C15H25NO3. The van der Waals surface area contributed by atoms with Gasteiger partial charge in [-0.25, -0.2) is 0 Å². The first-order chi connectivity index (χ1) is 9.18. The molecule has 1 amide bonds. The lowest BCUT2D eigenvalue weighted by atomic mass is 9.90. The molecule has 2 aliphatic rings. The van der Waals surface area contributed by atoms with E-state index < -0.39 is 5.97 Å². The third-order valence-electron chi connectivity index (χ3n) is 4.52. The minimum absolute atomic E-state index is 0.0598. The summed E-state index contributed by atoms with van der Waals surface area (Å²) in [7, 11) is 0. The summed E-state index contributed by atoms with van der Waals surface area (Å²) in [6.07, 6.45) is 9.97. The number of carboxylic acid groups (broad SMARTS) is 1. The first-order valence-electron chi connectivity index (χ1n) is 7.71. The van der Waals surface area contributed by atoms with Gasteiger partial charge < -0.3 is 10.0 Å². The van der Waals surface area contributed by atoms with E-state index in [2.05, 4.69) is 0 Å². The van der Waals surface area contributed by atoms with Crippen LogP contribution in [0, 0.1) is 5.92 Å². The zero-order valence-corrected chi connectivity index (χ0v) is 11.6. The summed E-state index contributed by atoms with van der Waals surface area (Å²) < 4.78 is 0. The van der Waals surface area contributed by atoms with Gasteiger partial charge >= 0.3 is 5.97 Å². The number of carbonyl (C=O) groups is 2. The lowest BCUT2D eigenvalue weighted by Gasteiger charge is -2.29. The van der Waals surface area contributed by atoms with Gasteiger partial charge in [-0.1, -0.05) is 32.1 Å². The number of hydrogen-bond acceptors (Lipinski definition) is 2. The number of nitrogens with zero attached hydrogens (tertiary/aromatic N) is 1. The molecule has 1 saturated carbocycles. The van der Waals surface area contributed by atoms with E-state index in [9.17, 15) is 9.59 Å². The van der Waals surface area contributed by atoms with Crippen molar-refractivity contribution in [3.8, 4) is 0 Å². The predicted octanol–water partition coefficient (Wildman–Crippen LogP) is 2.81. The molecule has 1 atom stereocenters. The van der Waals surface area contributed by atoms with Gasteiger partial charge in [0.15, 0.2) is 0 Å². The van der Waals surface area contributed by atoms with E-state index in [0.29, 0.717) is 0 Å². The highest BCUT2D eigenvalue weighted by molar-refractivity contribution is 5.80. The van der Waals surface area contributed by atoms with Crippen molar-refractivity contribution in [1.29, 1.82) is 0 Å². The minimum atomic E-state index is -0.789. The van der Waals surface area contributed by atoms with E-state index in [1.165, 1.54) is 19.3 Å². The highest BCUT2D eigenvalue weighted by Gasteiger charge is 2.33. The van der Waals surface area contributed by atoms with Gasteiger partial charge in [0.05, 0.1) is 6.42 Å². The maximum Gasteiger partial charge on any atom is 0.305 e. The number of rotatable bonds is 3. The maximum absolute atomic E-state index is 12.6. The number of hydrogen-bond donors (Lipinski definition) is 1. The van der Waals surface area contributed by atoms with E-state index in [4.69, 9.17) is 5.11 Å². The average Bonchev–Trinajstić information content (AvgIpc) is 2.75. The molecule has 1 saturated heterocycles. The first kappa shape index (κ1) is 14.4. The molecule has 0 aromatic rings. The zero-order valence-electron chi connectivity index (χ0n) is 11.6. The highest BCUT2D eigenvalue weighted by atomic mass is 16.4. The standard InChI is InChI=1S/C15H25NO3/c17-14(18)11-13-9-6-10-16(13)15(19)12-7-4-2-1-3-5-8-12/h12-13H,1-11H2,(H,17,18). The predicted molar refractivity (Wildman–Crippen MR) is 72.8 cm³/mol. The SMILES string of the molecule is O=C(O)CC1CCCN1C(=O)C1CCCCCCC1. The molecule has 4 heteroatoms. The van der Waals surface area contributed by atoms with Gasteiger partial charge in [-0.2, -0.15) is 0 Å². The van der Waals surface area contributed by atoms with Crippen LogP contribution >= 0.6 is 0 Å². The van der Waals surface area contributed by atoms with Crippen molar-refractivity contribution in [2.45, 2.75) is 70.3 Å². The second kappa shape index (κ2) is 6.92. The summed E-state index contributed by atoms with van der Waals surface area (Å²) in [5.41, 5.74) is 0. The summed E-state index contributed by atoms with van der Waals surface area (Å²) in [4.78, 5) is 25.3. The number of carbonyl (C=O) groups excluding carboxylic acids is 1. The summed E-state index contributed by atoms with van der Waals surface area (Å²) in [5, 5.41) is 8.93. The first-order valence-corrected chi connectivity index (χ1v) is 7.71. The van der Waals surface area contributed by atoms with Crippen LogP contribution in [-0.2, 0) is 9.59 Å². The van der Waals surface area contributed by atoms with Crippen molar-refractivity contribution in [3.63, 3.8) is 0 Å².